The van der Waals surface area contributed by atoms with E-state index < -0.39 is 0 Å². The van der Waals surface area contributed by atoms with Gasteiger partial charge in [-0.3, -0.25) is 4.79 Å². The number of nitrogens with zero attached hydrogens (tertiary/aromatic N) is 5. The van der Waals surface area contributed by atoms with E-state index in [9.17, 15) is 9.90 Å². The number of aliphatic hydroxyl groups is 1. The van der Waals surface area contributed by atoms with Crippen LogP contribution in [0.2, 0.25) is 5.02 Å². The van der Waals surface area contributed by atoms with E-state index in [-0.39, 0.29) is 25.1 Å². The number of rotatable bonds is 8. The van der Waals surface area contributed by atoms with Gasteiger partial charge >= 0.3 is 0 Å². The lowest BCUT2D eigenvalue weighted by atomic mass is 10.2. The molecule has 9 nitrogen and oxygen atoms in total. The topological polar surface area (TPSA) is 116 Å². The lowest BCUT2D eigenvalue weighted by Gasteiger charge is -2.24. The highest BCUT2D eigenvalue weighted by molar-refractivity contribution is 6.30. The molecule has 166 valence electrons. The molecule has 0 bridgehead atoms. The fraction of sp³-hybridized carbons (Fsp3) is 0.318. The van der Waals surface area contributed by atoms with Gasteiger partial charge in [0.2, 0.25) is 5.95 Å². The van der Waals surface area contributed by atoms with Crippen molar-refractivity contribution in [1.29, 1.82) is 0 Å². The third-order valence-electron chi connectivity index (χ3n) is 5.24. The third-order valence-corrected chi connectivity index (χ3v) is 5.48. The van der Waals surface area contributed by atoms with Crippen LogP contribution in [-0.4, -0.2) is 50.1 Å². The number of anilines is 2. The number of nitrogens with one attached hydrogen (secondary N) is 2. The molecule has 3 N–H and O–H groups in total. The molecule has 1 amide bonds. The number of amides is 1. The minimum Gasteiger partial charge on any atom is -0.394 e. The minimum atomic E-state index is -0.335. The summed E-state index contributed by atoms with van der Waals surface area (Å²) in [6.45, 7) is 1.42. The van der Waals surface area contributed by atoms with Gasteiger partial charge in [-0.15, -0.1) is 0 Å². The number of carbonyl (C=O) groups excluding carboxylic acids is 1. The molecule has 0 saturated carbocycles. The quantitative estimate of drug-likeness (QED) is 0.476. The Kier molecular flexibility index (Phi) is 7.08. The normalized spacial score (nSPS) is 15.6. The Balaban J connectivity index is 1.56. The van der Waals surface area contributed by atoms with E-state index in [1.807, 2.05) is 23.1 Å². The van der Waals surface area contributed by atoms with Crippen molar-refractivity contribution >= 4 is 29.3 Å². The molecule has 3 heterocycles. The summed E-state index contributed by atoms with van der Waals surface area (Å²) in [7, 11) is 0. The molecule has 1 unspecified atom stereocenters. The highest BCUT2D eigenvalue weighted by atomic mass is 35.5. The highest BCUT2D eigenvalue weighted by Gasteiger charge is 2.27. The van der Waals surface area contributed by atoms with Gasteiger partial charge in [0.1, 0.15) is 17.2 Å². The van der Waals surface area contributed by atoms with E-state index in [1.54, 1.807) is 24.5 Å². The van der Waals surface area contributed by atoms with Crippen molar-refractivity contribution in [2.75, 3.05) is 23.4 Å². The molecule has 1 aliphatic rings. The van der Waals surface area contributed by atoms with Crippen LogP contribution < -0.4 is 15.5 Å². The summed E-state index contributed by atoms with van der Waals surface area (Å²) in [5, 5.41) is 16.4. The maximum Gasteiger partial charge on any atom is 0.256 e. The SMILES string of the molecule is O=C(NCc1ncccn1)c1cnc(N2CCCC2CO)nc1NCc1cccc(Cl)c1. The van der Waals surface area contributed by atoms with Gasteiger partial charge in [-0.1, -0.05) is 23.7 Å². The van der Waals surface area contributed by atoms with E-state index in [0.29, 0.717) is 34.7 Å². The van der Waals surface area contributed by atoms with Crippen molar-refractivity contribution in [3.05, 3.63) is 70.9 Å². The Labute approximate surface area is 190 Å². The molecule has 1 fully saturated rings. The summed E-state index contributed by atoms with van der Waals surface area (Å²) in [4.78, 5) is 32.2. The first-order valence-electron chi connectivity index (χ1n) is 10.4. The summed E-state index contributed by atoms with van der Waals surface area (Å²) in [6.07, 6.45) is 6.59. The molecule has 4 rings (SSSR count). The van der Waals surface area contributed by atoms with Gasteiger partial charge < -0.3 is 20.6 Å². The molecule has 1 aliphatic heterocycles. The molecule has 2 aromatic heterocycles. The van der Waals surface area contributed by atoms with E-state index in [0.717, 1.165) is 24.9 Å². The Bertz CT molecular complexity index is 1070. The summed E-state index contributed by atoms with van der Waals surface area (Å²) < 4.78 is 0. The Morgan fingerprint density at radius 3 is 2.81 bits per heavy atom. The average Bonchev–Trinajstić information content (AvgIpc) is 3.31. The first kappa shape index (κ1) is 21.9. The van der Waals surface area contributed by atoms with Crippen LogP contribution in [-0.2, 0) is 13.1 Å². The van der Waals surface area contributed by atoms with Gasteiger partial charge in [0.25, 0.3) is 5.91 Å². The number of aliphatic hydroxyl groups excluding tert-OH is 1. The molecule has 32 heavy (non-hydrogen) atoms. The van der Waals surface area contributed by atoms with Gasteiger partial charge in [0.15, 0.2) is 0 Å². The zero-order valence-electron chi connectivity index (χ0n) is 17.4. The van der Waals surface area contributed by atoms with Gasteiger partial charge in [-0.05, 0) is 36.6 Å². The van der Waals surface area contributed by atoms with Crippen molar-refractivity contribution in [2.45, 2.75) is 32.0 Å². The van der Waals surface area contributed by atoms with Crippen LogP contribution in [0.15, 0.2) is 48.9 Å². The standard InChI is InChI=1S/C22H24ClN7O2/c23-16-5-1-4-15(10-16)11-26-20-18(21(32)27-13-19-24-7-3-8-25-19)12-28-22(29-20)30-9-2-6-17(30)14-31/h1,3-5,7-8,10,12,17,31H,2,6,9,11,13-14H2,(H,27,32)(H,26,28,29). The zero-order valence-corrected chi connectivity index (χ0v) is 18.2. The number of hydrogen-bond donors (Lipinski definition) is 3. The van der Waals surface area contributed by atoms with Crippen molar-refractivity contribution in [3.63, 3.8) is 0 Å². The van der Waals surface area contributed by atoms with E-state index in [1.165, 1.54) is 6.20 Å². The Morgan fingerprint density at radius 1 is 1.19 bits per heavy atom. The molecule has 0 radical (unpaired) electrons. The average molecular weight is 454 g/mol. The van der Waals surface area contributed by atoms with E-state index in [2.05, 4.69) is 30.6 Å². The predicted octanol–water partition coefficient (Wildman–Crippen LogP) is 2.42. The second-order valence-electron chi connectivity index (χ2n) is 7.44. The van der Waals surface area contributed by atoms with E-state index >= 15 is 0 Å². The predicted molar refractivity (Wildman–Crippen MR) is 121 cm³/mol. The summed E-state index contributed by atoms with van der Waals surface area (Å²) in [5.41, 5.74) is 1.27. The largest absolute Gasteiger partial charge is 0.394 e. The van der Waals surface area contributed by atoms with Crippen molar-refractivity contribution in [1.82, 2.24) is 25.3 Å². The third kappa shape index (κ3) is 5.30. The first-order valence-corrected chi connectivity index (χ1v) is 10.8. The van der Waals surface area contributed by atoms with Crippen LogP contribution >= 0.6 is 11.6 Å². The summed E-state index contributed by atoms with van der Waals surface area (Å²) in [6, 6.07) is 9.16. The summed E-state index contributed by atoms with van der Waals surface area (Å²) >= 11 is 6.09. The molecule has 0 spiro atoms. The van der Waals surface area contributed by atoms with E-state index in [4.69, 9.17) is 11.6 Å². The maximum atomic E-state index is 12.9. The smallest absolute Gasteiger partial charge is 0.256 e. The molecule has 1 atom stereocenters. The monoisotopic (exact) mass is 453 g/mol. The van der Waals surface area contributed by atoms with Gasteiger partial charge in [-0.2, -0.15) is 4.98 Å². The molecule has 10 heteroatoms. The fourth-order valence-corrected chi connectivity index (χ4v) is 3.82. The molecule has 1 aromatic carbocycles. The molecular formula is C22H24ClN7O2. The van der Waals surface area contributed by atoms with Gasteiger partial charge in [0.05, 0.1) is 19.2 Å². The highest BCUT2D eigenvalue weighted by Crippen LogP contribution is 2.25. The summed E-state index contributed by atoms with van der Waals surface area (Å²) in [5.74, 6) is 1.07. The zero-order chi connectivity index (χ0) is 22.3. The Morgan fingerprint density at radius 2 is 2.03 bits per heavy atom. The number of hydrogen-bond acceptors (Lipinski definition) is 8. The first-order chi connectivity index (χ1) is 15.6. The number of aromatic nitrogens is 4. The van der Waals surface area contributed by atoms with Gasteiger partial charge in [-0.25, -0.2) is 15.0 Å². The minimum absolute atomic E-state index is 0.0225. The molecular weight excluding hydrogens is 430 g/mol. The van der Waals surface area contributed by atoms with Crippen LogP contribution in [0, 0.1) is 0 Å². The van der Waals surface area contributed by atoms with Crippen LogP contribution in [0.4, 0.5) is 11.8 Å². The Hall–Kier alpha value is -3.30. The molecule has 0 aliphatic carbocycles. The fourth-order valence-electron chi connectivity index (χ4n) is 3.61. The molecule has 3 aromatic rings. The molecule has 1 saturated heterocycles. The maximum absolute atomic E-state index is 12.9. The second-order valence-corrected chi connectivity index (χ2v) is 7.87. The lowest BCUT2D eigenvalue weighted by molar-refractivity contribution is 0.0950. The number of benzene rings is 1. The van der Waals surface area contributed by atoms with Crippen LogP contribution in [0.5, 0.6) is 0 Å². The number of carbonyl (C=O) groups is 1. The van der Waals surface area contributed by atoms with Crippen LogP contribution in [0.3, 0.4) is 0 Å². The van der Waals surface area contributed by atoms with Crippen molar-refractivity contribution in [2.24, 2.45) is 0 Å². The van der Waals surface area contributed by atoms with Crippen LogP contribution in [0.1, 0.15) is 34.6 Å². The van der Waals surface area contributed by atoms with Crippen molar-refractivity contribution in [3.8, 4) is 0 Å². The van der Waals surface area contributed by atoms with Crippen molar-refractivity contribution < 1.29 is 9.90 Å². The second kappa shape index (κ2) is 10.3. The lowest BCUT2D eigenvalue weighted by Crippen LogP contribution is -2.34. The van der Waals surface area contributed by atoms with Gasteiger partial charge in [0, 0.05) is 36.7 Å². The number of halogens is 1. The van der Waals surface area contributed by atoms with Crippen LogP contribution in [0.25, 0.3) is 0 Å².